The molecule has 0 aliphatic carbocycles. The zero-order chi connectivity index (χ0) is 16.2. The highest BCUT2D eigenvalue weighted by Gasteiger charge is 2.16. The molecule has 2 aromatic rings. The van der Waals surface area contributed by atoms with Crippen molar-refractivity contribution >= 4 is 28.1 Å². The summed E-state index contributed by atoms with van der Waals surface area (Å²) in [6.07, 6.45) is 3.79. The molecule has 3 N–H and O–H groups in total. The van der Waals surface area contributed by atoms with Gasteiger partial charge in [0.1, 0.15) is 5.01 Å². The summed E-state index contributed by atoms with van der Waals surface area (Å²) in [4.78, 5) is 14.7. The van der Waals surface area contributed by atoms with Crippen molar-refractivity contribution in [3.63, 3.8) is 0 Å². The number of rotatable bonds is 4. The van der Waals surface area contributed by atoms with Gasteiger partial charge in [0.05, 0.1) is 6.04 Å². The molecule has 1 fully saturated rings. The van der Waals surface area contributed by atoms with E-state index in [-0.39, 0.29) is 11.9 Å². The van der Waals surface area contributed by atoms with Gasteiger partial charge < -0.3 is 16.0 Å². The van der Waals surface area contributed by atoms with Gasteiger partial charge in [-0.25, -0.2) is 0 Å². The molecule has 122 valence electrons. The zero-order valence-electron chi connectivity index (χ0n) is 13.2. The van der Waals surface area contributed by atoms with Gasteiger partial charge in [-0.2, -0.15) is 0 Å². The monoisotopic (exact) mass is 331 g/mol. The summed E-state index contributed by atoms with van der Waals surface area (Å²) in [5.74, 6) is -0.114. The fraction of sp³-hybridized carbons (Fsp3) is 0.438. The number of nitrogen functional groups attached to an aromatic ring is 1. The predicted octanol–water partition coefficient (Wildman–Crippen LogP) is 2.60. The summed E-state index contributed by atoms with van der Waals surface area (Å²) in [5, 5.41) is 11.8. The van der Waals surface area contributed by atoms with Gasteiger partial charge in [0.25, 0.3) is 5.91 Å². The topological polar surface area (TPSA) is 84.1 Å². The number of aromatic nitrogens is 2. The second-order valence-electron chi connectivity index (χ2n) is 5.77. The number of carbonyl (C=O) groups excluding carboxylic acids is 1. The summed E-state index contributed by atoms with van der Waals surface area (Å²) in [7, 11) is 0. The van der Waals surface area contributed by atoms with Crippen molar-refractivity contribution in [3.8, 4) is 0 Å². The van der Waals surface area contributed by atoms with E-state index in [1.807, 2.05) is 31.2 Å². The number of hydrogen-bond acceptors (Lipinski definition) is 6. The molecule has 0 saturated carbocycles. The fourth-order valence-electron chi connectivity index (χ4n) is 2.74. The highest BCUT2D eigenvalue weighted by Crippen LogP contribution is 2.22. The lowest BCUT2D eigenvalue weighted by Gasteiger charge is -2.28. The Morgan fingerprint density at radius 3 is 2.52 bits per heavy atom. The van der Waals surface area contributed by atoms with Gasteiger partial charge in [0.2, 0.25) is 5.13 Å². The van der Waals surface area contributed by atoms with Gasteiger partial charge in [-0.15, -0.1) is 10.2 Å². The molecule has 1 atom stereocenters. The number of hydrogen-bond donors (Lipinski definition) is 2. The minimum Gasteiger partial charge on any atom is -0.374 e. The van der Waals surface area contributed by atoms with Crippen LogP contribution in [0.25, 0.3) is 0 Å². The molecule has 0 radical (unpaired) electrons. The van der Waals surface area contributed by atoms with Crippen LogP contribution in [0, 0.1) is 0 Å². The van der Waals surface area contributed by atoms with Crippen LogP contribution >= 0.6 is 11.3 Å². The third kappa shape index (κ3) is 3.79. The SMILES string of the molecule is CC(NC(=O)c1ccc(N2CCCCC2)cc1)c1nnc(N)s1. The van der Waals surface area contributed by atoms with Crippen LogP contribution in [0.4, 0.5) is 10.8 Å². The largest absolute Gasteiger partial charge is 0.374 e. The molecule has 3 rings (SSSR count). The number of benzene rings is 1. The van der Waals surface area contributed by atoms with Gasteiger partial charge >= 0.3 is 0 Å². The molecule has 2 heterocycles. The second kappa shape index (κ2) is 6.95. The van der Waals surface area contributed by atoms with Gasteiger partial charge in [-0.1, -0.05) is 11.3 Å². The van der Waals surface area contributed by atoms with Gasteiger partial charge in [-0.05, 0) is 50.5 Å². The molecule has 23 heavy (non-hydrogen) atoms. The number of nitrogens with zero attached hydrogens (tertiary/aromatic N) is 3. The Morgan fingerprint density at radius 1 is 1.22 bits per heavy atom. The lowest BCUT2D eigenvalue weighted by molar-refractivity contribution is 0.0939. The smallest absolute Gasteiger partial charge is 0.251 e. The lowest BCUT2D eigenvalue weighted by Crippen LogP contribution is -2.29. The minimum absolute atomic E-state index is 0.114. The van der Waals surface area contributed by atoms with E-state index in [9.17, 15) is 4.79 Å². The first-order valence-corrected chi connectivity index (χ1v) is 8.70. The average Bonchev–Trinajstić information content (AvgIpc) is 3.02. The molecule has 1 saturated heterocycles. The highest BCUT2D eigenvalue weighted by atomic mass is 32.1. The van der Waals surface area contributed by atoms with E-state index in [4.69, 9.17) is 5.73 Å². The van der Waals surface area contributed by atoms with Crippen LogP contribution in [-0.4, -0.2) is 29.2 Å². The first kappa shape index (κ1) is 15.7. The lowest BCUT2D eigenvalue weighted by atomic mass is 10.1. The van der Waals surface area contributed by atoms with Crippen molar-refractivity contribution in [2.24, 2.45) is 0 Å². The Balaban J connectivity index is 1.63. The molecule has 1 aliphatic rings. The van der Waals surface area contributed by atoms with Crippen LogP contribution in [0.3, 0.4) is 0 Å². The molecule has 0 bridgehead atoms. The molecular weight excluding hydrogens is 310 g/mol. The number of amides is 1. The number of nitrogens with one attached hydrogen (secondary N) is 1. The maximum atomic E-state index is 12.3. The summed E-state index contributed by atoms with van der Waals surface area (Å²) in [5.41, 5.74) is 7.41. The van der Waals surface area contributed by atoms with Crippen molar-refractivity contribution in [1.82, 2.24) is 15.5 Å². The molecule has 1 aliphatic heterocycles. The van der Waals surface area contributed by atoms with Crippen LogP contribution in [0.15, 0.2) is 24.3 Å². The third-order valence-electron chi connectivity index (χ3n) is 4.02. The highest BCUT2D eigenvalue weighted by molar-refractivity contribution is 7.15. The van der Waals surface area contributed by atoms with Crippen molar-refractivity contribution in [3.05, 3.63) is 34.8 Å². The molecule has 6 nitrogen and oxygen atoms in total. The quantitative estimate of drug-likeness (QED) is 0.899. The van der Waals surface area contributed by atoms with Crippen LogP contribution in [-0.2, 0) is 0 Å². The van der Waals surface area contributed by atoms with E-state index in [0.29, 0.717) is 15.7 Å². The fourth-order valence-corrected chi connectivity index (χ4v) is 3.35. The Labute approximate surface area is 139 Å². The van der Waals surface area contributed by atoms with Crippen LogP contribution < -0.4 is 16.0 Å². The van der Waals surface area contributed by atoms with E-state index in [2.05, 4.69) is 20.4 Å². The van der Waals surface area contributed by atoms with Gasteiger partial charge in [0.15, 0.2) is 0 Å². The third-order valence-corrected chi connectivity index (χ3v) is 4.96. The maximum absolute atomic E-state index is 12.3. The Hall–Kier alpha value is -2.15. The second-order valence-corrected chi connectivity index (χ2v) is 6.81. The molecule has 7 heteroatoms. The molecular formula is C16H21N5OS. The molecule has 1 aromatic carbocycles. The average molecular weight is 331 g/mol. The number of piperidine rings is 1. The summed E-state index contributed by atoms with van der Waals surface area (Å²) in [6.45, 7) is 4.07. The zero-order valence-corrected chi connectivity index (χ0v) is 14.0. The summed E-state index contributed by atoms with van der Waals surface area (Å²) >= 11 is 1.29. The van der Waals surface area contributed by atoms with Crippen molar-refractivity contribution in [2.75, 3.05) is 23.7 Å². The van der Waals surface area contributed by atoms with Crippen molar-refractivity contribution in [2.45, 2.75) is 32.2 Å². The first-order valence-electron chi connectivity index (χ1n) is 7.88. The van der Waals surface area contributed by atoms with Crippen LogP contribution in [0.2, 0.25) is 0 Å². The van der Waals surface area contributed by atoms with Crippen LogP contribution in [0.1, 0.15) is 47.6 Å². The van der Waals surface area contributed by atoms with E-state index in [1.54, 1.807) is 0 Å². The summed E-state index contributed by atoms with van der Waals surface area (Å²) < 4.78 is 0. The van der Waals surface area contributed by atoms with Crippen LogP contribution in [0.5, 0.6) is 0 Å². The Bertz CT molecular complexity index is 663. The van der Waals surface area contributed by atoms with Crippen molar-refractivity contribution in [1.29, 1.82) is 0 Å². The molecule has 1 aromatic heterocycles. The first-order chi connectivity index (χ1) is 11.1. The van der Waals surface area contributed by atoms with E-state index in [1.165, 1.54) is 36.3 Å². The molecule has 1 unspecified atom stereocenters. The normalized spacial score (nSPS) is 16.1. The van der Waals surface area contributed by atoms with E-state index < -0.39 is 0 Å². The Morgan fingerprint density at radius 2 is 1.91 bits per heavy atom. The van der Waals surface area contributed by atoms with Crippen molar-refractivity contribution < 1.29 is 4.79 Å². The number of nitrogens with two attached hydrogens (primary N) is 1. The standard InChI is InChI=1S/C16H21N5OS/c1-11(15-19-20-16(17)23-15)18-14(22)12-5-7-13(8-6-12)21-9-3-2-4-10-21/h5-8,11H,2-4,9-10H2,1H3,(H2,17,20)(H,18,22). The number of anilines is 2. The van der Waals surface area contributed by atoms with E-state index in [0.717, 1.165) is 13.1 Å². The van der Waals surface area contributed by atoms with Gasteiger partial charge in [0, 0.05) is 24.3 Å². The summed E-state index contributed by atoms with van der Waals surface area (Å²) in [6, 6.07) is 7.59. The number of carbonyl (C=O) groups is 1. The Kier molecular flexibility index (Phi) is 4.76. The molecule has 0 spiro atoms. The van der Waals surface area contributed by atoms with Gasteiger partial charge in [-0.3, -0.25) is 4.79 Å². The van der Waals surface area contributed by atoms with E-state index >= 15 is 0 Å². The maximum Gasteiger partial charge on any atom is 0.251 e. The minimum atomic E-state index is -0.209. The molecule has 1 amide bonds. The predicted molar refractivity (Wildman–Crippen MR) is 92.7 cm³/mol.